The van der Waals surface area contributed by atoms with Crippen molar-refractivity contribution in [2.24, 2.45) is 0 Å². The van der Waals surface area contributed by atoms with E-state index in [-0.39, 0.29) is 11.8 Å². The van der Waals surface area contributed by atoms with Crippen molar-refractivity contribution >= 4 is 29.1 Å². The van der Waals surface area contributed by atoms with Gasteiger partial charge in [-0.15, -0.1) is 0 Å². The molecule has 1 aromatic rings. The molecule has 0 bridgehead atoms. The maximum atomic E-state index is 11.5. The quantitative estimate of drug-likeness (QED) is 0.891. The van der Waals surface area contributed by atoms with Crippen LogP contribution < -0.4 is 10.2 Å². The molecule has 1 N–H and O–H groups in total. The van der Waals surface area contributed by atoms with Gasteiger partial charge in [-0.05, 0) is 18.2 Å². The lowest BCUT2D eigenvalue weighted by atomic mass is 10.3. The summed E-state index contributed by atoms with van der Waals surface area (Å²) in [5.41, 5.74) is 0.732. The normalized spacial score (nSPS) is 9.82. The number of hydrogen-bond donors (Lipinski definition) is 1. The molecule has 17 heavy (non-hydrogen) atoms. The Morgan fingerprint density at radius 3 is 2.59 bits per heavy atom. The summed E-state index contributed by atoms with van der Waals surface area (Å²) in [6.07, 6.45) is 0. The highest BCUT2D eigenvalue weighted by molar-refractivity contribution is 6.30. The molecule has 0 radical (unpaired) electrons. The van der Waals surface area contributed by atoms with E-state index in [9.17, 15) is 9.59 Å². The van der Waals surface area contributed by atoms with E-state index in [1.807, 2.05) is 0 Å². The molecule has 5 heteroatoms. The van der Waals surface area contributed by atoms with Crippen LogP contribution in [0.15, 0.2) is 24.3 Å². The summed E-state index contributed by atoms with van der Waals surface area (Å²) in [6, 6.07) is 7.06. The van der Waals surface area contributed by atoms with Crippen LogP contribution in [0.25, 0.3) is 0 Å². The Balaban J connectivity index is 2.72. The van der Waals surface area contributed by atoms with Crippen molar-refractivity contribution in [3.63, 3.8) is 0 Å². The average Bonchev–Trinajstić information content (AvgIpc) is 2.23. The molecular weight excluding hydrogens is 240 g/mol. The fraction of sp³-hybridized carbons (Fsp3) is 0.333. The first-order valence-electron chi connectivity index (χ1n) is 5.29. The molecule has 0 atom stereocenters. The lowest BCUT2D eigenvalue weighted by Crippen LogP contribution is -2.36. The zero-order valence-electron chi connectivity index (χ0n) is 9.87. The van der Waals surface area contributed by atoms with Crippen LogP contribution in [0.1, 0.15) is 13.8 Å². The minimum Gasteiger partial charge on any atom is -0.355 e. The number of anilines is 1. The van der Waals surface area contributed by atoms with Gasteiger partial charge in [0.2, 0.25) is 11.8 Å². The van der Waals surface area contributed by atoms with Gasteiger partial charge in [-0.1, -0.05) is 17.7 Å². The van der Waals surface area contributed by atoms with Crippen LogP contribution in [0.5, 0.6) is 0 Å². The minimum atomic E-state index is -0.111. The lowest BCUT2D eigenvalue weighted by molar-refractivity contribution is -0.119. The molecule has 1 rings (SSSR count). The molecule has 0 fully saturated rings. The molecule has 0 saturated carbocycles. The third-order valence-corrected chi connectivity index (χ3v) is 2.44. The summed E-state index contributed by atoms with van der Waals surface area (Å²) < 4.78 is 0. The highest BCUT2D eigenvalue weighted by atomic mass is 35.5. The zero-order valence-corrected chi connectivity index (χ0v) is 10.6. The number of rotatable bonds is 4. The van der Waals surface area contributed by atoms with Crippen LogP contribution in [0.4, 0.5) is 5.69 Å². The number of carbonyl (C=O) groups excluding carboxylic acids is 2. The Hall–Kier alpha value is -1.55. The first-order chi connectivity index (χ1) is 8.00. The molecule has 0 aliphatic rings. The van der Waals surface area contributed by atoms with Crippen molar-refractivity contribution in [1.29, 1.82) is 0 Å². The molecule has 0 aromatic heterocycles. The van der Waals surface area contributed by atoms with Crippen molar-refractivity contribution in [1.82, 2.24) is 5.32 Å². The SMILES string of the molecule is CC(=O)NCCN(C(C)=O)c1cccc(Cl)c1. The molecule has 0 saturated heterocycles. The molecule has 0 spiro atoms. The summed E-state index contributed by atoms with van der Waals surface area (Å²) in [6.45, 7) is 3.77. The second-order valence-electron chi connectivity index (χ2n) is 3.63. The van der Waals surface area contributed by atoms with Crippen molar-refractivity contribution in [3.8, 4) is 0 Å². The number of benzene rings is 1. The second kappa shape index (κ2) is 6.25. The van der Waals surface area contributed by atoms with E-state index < -0.39 is 0 Å². The first-order valence-corrected chi connectivity index (χ1v) is 5.66. The van der Waals surface area contributed by atoms with E-state index in [0.717, 1.165) is 5.69 Å². The molecule has 92 valence electrons. The fourth-order valence-electron chi connectivity index (χ4n) is 1.46. The van der Waals surface area contributed by atoms with Gasteiger partial charge in [0.25, 0.3) is 0 Å². The summed E-state index contributed by atoms with van der Waals surface area (Å²) in [5, 5.41) is 3.23. The van der Waals surface area contributed by atoms with E-state index in [2.05, 4.69) is 5.32 Å². The van der Waals surface area contributed by atoms with Gasteiger partial charge in [-0.2, -0.15) is 0 Å². The van der Waals surface area contributed by atoms with E-state index in [1.54, 1.807) is 29.2 Å². The van der Waals surface area contributed by atoms with E-state index in [0.29, 0.717) is 18.1 Å². The van der Waals surface area contributed by atoms with Crippen LogP contribution in [0.2, 0.25) is 5.02 Å². The summed E-state index contributed by atoms with van der Waals surface area (Å²) in [5.74, 6) is -0.197. The van der Waals surface area contributed by atoms with Crippen molar-refractivity contribution in [3.05, 3.63) is 29.3 Å². The van der Waals surface area contributed by atoms with Gasteiger partial charge >= 0.3 is 0 Å². The number of amides is 2. The van der Waals surface area contributed by atoms with E-state index in [4.69, 9.17) is 11.6 Å². The number of nitrogens with one attached hydrogen (secondary N) is 1. The highest BCUT2D eigenvalue weighted by Crippen LogP contribution is 2.19. The predicted molar refractivity (Wildman–Crippen MR) is 68.2 cm³/mol. The van der Waals surface area contributed by atoms with Gasteiger partial charge < -0.3 is 10.2 Å². The van der Waals surface area contributed by atoms with Crippen molar-refractivity contribution in [2.75, 3.05) is 18.0 Å². The van der Waals surface area contributed by atoms with Crippen molar-refractivity contribution in [2.45, 2.75) is 13.8 Å². The van der Waals surface area contributed by atoms with E-state index in [1.165, 1.54) is 13.8 Å². The highest BCUT2D eigenvalue weighted by Gasteiger charge is 2.11. The van der Waals surface area contributed by atoms with Gasteiger partial charge in [-0.25, -0.2) is 0 Å². The molecule has 2 amide bonds. The fourth-order valence-corrected chi connectivity index (χ4v) is 1.64. The minimum absolute atomic E-state index is 0.0855. The van der Waals surface area contributed by atoms with Gasteiger partial charge in [0.15, 0.2) is 0 Å². The molecular formula is C12H15ClN2O2. The van der Waals surface area contributed by atoms with Crippen molar-refractivity contribution < 1.29 is 9.59 Å². The third kappa shape index (κ3) is 4.44. The standard InChI is InChI=1S/C12H15ClN2O2/c1-9(16)14-6-7-15(10(2)17)12-5-3-4-11(13)8-12/h3-5,8H,6-7H2,1-2H3,(H,14,16). The van der Waals surface area contributed by atoms with Crippen LogP contribution in [0, 0.1) is 0 Å². The number of halogens is 1. The zero-order chi connectivity index (χ0) is 12.8. The lowest BCUT2D eigenvalue weighted by Gasteiger charge is -2.21. The smallest absolute Gasteiger partial charge is 0.223 e. The van der Waals surface area contributed by atoms with Gasteiger partial charge in [0, 0.05) is 37.6 Å². The Morgan fingerprint density at radius 1 is 1.35 bits per heavy atom. The Kier molecular flexibility index (Phi) is 4.97. The number of carbonyl (C=O) groups is 2. The molecule has 0 aliphatic carbocycles. The molecule has 4 nitrogen and oxygen atoms in total. The maximum Gasteiger partial charge on any atom is 0.223 e. The van der Waals surface area contributed by atoms with Crippen LogP contribution >= 0.6 is 11.6 Å². The maximum absolute atomic E-state index is 11.5. The number of nitrogens with zero attached hydrogens (tertiary/aromatic N) is 1. The predicted octanol–water partition coefficient (Wildman–Crippen LogP) is 1.83. The van der Waals surface area contributed by atoms with Crippen LogP contribution in [-0.4, -0.2) is 24.9 Å². The summed E-state index contributed by atoms with van der Waals surface area (Å²) in [7, 11) is 0. The Bertz CT molecular complexity index is 421. The third-order valence-electron chi connectivity index (χ3n) is 2.21. The topological polar surface area (TPSA) is 49.4 Å². The molecule has 0 heterocycles. The van der Waals surface area contributed by atoms with Crippen LogP contribution in [-0.2, 0) is 9.59 Å². The summed E-state index contributed by atoms with van der Waals surface area (Å²) >= 11 is 5.87. The van der Waals surface area contributed by atoms with Crippen LogP contribution in [0.3, 0.4) is 0 Å². The Labute approximate surface area is 106 Å². The number of hydrogen-bond acceptors (Lipinski definition) is 2. The summed E-state index contributed by atoms with van der Waals surface area (Å²) in [4.78, 5) is 23.8. The largest absolute Gasteiger partial charge is 0.355 e. The molecule has 0 unspecified atom stereocenters. The van der Waals surface area contributed by atoms with Gasteiger partial charge in [-0.3, -0.25) is 9.59 Å². The second-order valence-corrected chi connectivity index (χ2v) is 4.07. The van der Waals surface area contributed by atoms with Gasteiger partial charge in [0.1, 0.15) is 0 Å². The van der Waals surface area contributed by atoms with Gasteiger partial charge in [0.05, 0.1) is 0 Å². The first kappa shape index (κ1) is 13.5. The Morgan fingerprint density at radius 2 is 2.06 bits per heavy atom. The monoisotopic (exact) mass is 254 g/mol. The average molecular weight is 255 g/mol. The molecule has 1 aromatic carbocycles. The molecule has 0 aliphatic heterocycles. The van der Waals surface area contributed by atoms with E-state index >= 15 is 0 Å².